The maximum atomic E-state index is 13.3. The van der Waals surface area contributed by atoms with Crippen LogP contribution in [0.4, 0.5) is 8.78 Å². The lowest BCUT2D eigenvalue weighted by Crippen LogP contribution is -2.41. The van der Waals surface area contributed by atoms with Gasteiger partial charge in [-0.05, 0) is 37.0 Å². The Morgan fingerprint density at radius 2 is 2.00 bits per heavy atom. The molecule has 0 saturated heterocycles. The molecule has 1 aromatic rings. The Kier molecular flexibility index (Phi) is 2.51. The fraction of sp³-hybridized carbons (Fsp3) is 0.500. The molecule has 15 heavy (non-hydrogen) atoms. The largest absolute Gasteiger partial charge is 0.330 e. The Labute approximate surface area is 88.3 Å². The third-order valence-electron chi connectivity index (χ3n) is 3.52. The molecule has 0 aromatic heterocycles. The Morgan fingerprint density at radius 1 is 1.33 bits per heavy atom. The third-order valence-corrected chi connectivity index (χ3v) is 3.52. The highest BCUT2D eigenvalue weighted by Crippen LogP contribution is 2.43. The first-order valence-electron chi connectivity index (χ1n) is 5.25. The van der Waals surface area contributed by atoms with Crippen molar-refractivity contribution < 1.29 is 8.78 Å². The lowest BCUT2D eigenvalue weighted by molar-refractivity contribution is 0.251. The molecule has 82 valence electrons. The zero-order chi connectivity index (χ0) is 11.1. The van der Waals surface area contributed by atoms with Crippen LogP contribution in [0.2, 0.25) is 0 Å². The molecule has 1 aromatic carbocycles. The van der Waals surface area contributed by atoms with Crippen molar-refractivity contribution in [2.24, 2.45) is 5.73 Å². The van der Waals surface area contributed by atoms with E-state index < -0.39 is 11.6 Å². The van der Waals surface area contributed by atoms with Gasteiger partial charge in [0.15, 0.2) is 11.6 Å². The summed E-state index contributed by atoms with van der Waals surface area (Å²) in [5.74, 6) is -1.50. The number of nitrogens with two attached hydrogens (primary N) is 1. The molecular formula is C12H15F2N. The first kappa shape index (κ1) is 10.6. The number of hydrogen-bond donors (Lipinski definition) is 1. The fourth-order valence-electron chi connectivity index (χ4n) is 2.25. The Morgan fingerprint density at radius 3 is 2.40 bits per heavy atom. The molecule has 0 atom stereocenters. The van der Waals surface area contributed by atoms with Gasteiger partial charge >= 0.3 is 0 Å². The number of aryl methyl sites for hydroxylation is 1. The summed E-state index contributed by atoms with van der Waals surface area (Å²) in [7, 11) is 0. The molecule has 1 nitrogen and oxygen atoms in total. The smallest absolute Gasteiger partial charge is 0.161 e. The molecule has 1 aliphatic carbocycles. The van der Waals surface area contributed by atoms with Crippen LogP contribution in [-0.2, 0) is 5.41 Å². The monoisotopic (exact) mass is 211 g/mol. The van der Waals surface area contributed by atoms with Crippen molar-refractivity contribution in [1.29, 1.82) is 0 Å². The van der Waals surface area contributed by atoms with Crippen LogP contribution in [0.25, 0.3) is 0 Å². The SMILES string of the molecule is Cc1cc(C2(CN)CCC2)cc(F)c1F. The Bertz CT molecular complexity index is 355. The van der Waals surface area contributed by atoms with Crippen LogP contribution >= 0.6 is 0 Å². The molecule has 1 fully saturated rings. The maximum Gasteiger partial charge on any atom is 0.161 e. The molecule has 0 unspecified atom stereocenters. The molecule has 2 rings (SSSR count). The van der Waals surface area contributed by atoms with Crippen LogP contribution in [0.15, 0.2) is 12.1 Å². The first-order chi connectivity index (χ1) is 7.09. The summed E-state index contributed by atoms with van der Waals surface area (Å²) in [5, 5.41) is 0. The number of hydrogen-bond acceptors (Lipinski definition) is 1. The third kappa shape index (κ3) is 1.55. The molecule has 1 saturated carbocycles. The summed E-state index contributed by atoms with van der Waals surface area (Å²) in [4.78, 5) is 0. The van der Waals surface area contributed by atoms with E-state index >= 15 is 0 Å². The van der Waals surface area contributed by atoms with E-state index in [0.29, 0.717) is 12.1 Å². The molecule has 0 heterocycles. The van der Waals surface area contributed by atoms with Crippen molar-refractivity contribution >= 4 is 0 Å². The summed E-state index contributed by atoms with van der Waals surface area (Å²) >= 11 is 0. The van der Waals surface area contributed by atoms with E-state index in [2.05, 4.69) is 0 Å². The minimum atomic E-state index is -0.760. The highest BCUT2D eigenvalue weighted by atomic mass is 19.2. The maximum absolute atomic E-state index is 13.3. The summed E-state index contributed by atoms with van der Waals surface area (Å²) in [6.07, 6.45) is 3.08. The van der Waals surface area contributed by atoms with Gasteiger partial charge in [-0.15, -0.1) is 0 Å². The zero-order valence-electron chi connectivity index (χ0n) is 8.82. The zero-order valence-corrected chi connectivity index (χ0v) is 8.82. The van der Waals surface area contributed by atoms with Crippen molar-refractivity contribution in [3.05, 3.63) is 34.9 Å². The molecule has 0 radical (unpaired) electrons. The second-order valence-corrected chi connectivity index (χ2v) is 4.43. The molecule has 2 N–H and O–H groups in total. The lowest BCUT2D eigenvalue weighted by Gasteiger charge is -2.41. The van der Waals surface area contributed by atoms with E-state index in [1.807, 2.05) is 0 Å². The molecule has 0 spiro atoms. The molecule has 0 aliphatic heterocycles. The number of benzene rings is 1. The van der Waals surface area contributed by atoms with Crippen molar-refractivity contribution in [2.45, 2.75) is 31.6 Å². The minimum Gasteiger partial charge on any atom is -0.330 e. The van der Waals surface area contributed by atoms with Gasteiger partial charge in [0.05, 0.1) is 0 Å². The van der Waals surface area contributed by atoms with Crippen LogP contribution in [0, 0.1) is 18.6 Å². The number of halogens is 2. The van der Waals surface area contributed by atoms with Gasteiger partial charge in [0.25, 0.3) is 0 Å². The van der Waals surface area contributed by atoms with Crippen molar-refractivity contribution in [2.75, 3.05) is 6.54 Å². The summed E-state index contributed by atoms with van der Waals surface area (Å²) in [5.41, 5.74) is 6.84. The quantitative estimate of drug-likeness (QED) is 0.799. The average Bonchev–Trinajstić information content (AvgIpc) is 2.13. The topological polar surface area (TPSA) is 26.0 Å². The second kappa shape index (κ2) is 3.56. The van der Waals surface area contributed by atoms with E-state index in [1.54, 1.807) is 13.0 Å². The first-order valence-corrected chi connectivity index (χ1v) is 5.25. The molecule has 3 heteroatoms. The van der Waals surface area contributed by atoms with Crippen LogP contribution in [0.1, 0.15) is 30.4 Å². The second-order valence-electron chi connectivity index (χ2n) is 4.43. The molecular weight excluding hydrogens is 196 g/mol. The summed E-state index contributed by atoms with van der Waals surface area (Å²) in [6, 6.07) is 3.03. The predicted molar refractivity (Wildman–Crippen MR) is 55.7 cm³/mol. The molecule has 0 amide bonds. The van der Waals surface area contributed by atoms with Gasteiger partial charge in [0.1, 0.15) is 0 Å². The van der Waals surface area contributed by atoms with E-state index in [9.17, 15) is 8.78 Å². The Balaban J connectivity index is 2.45. The van der Waals surface area contributed by atoms with Crippen LogP contribution in [0.3, 0.4) is 0 Å². The number of rotatable bonds is 2. The minimum absolute atomic E-state index is 0.0979. The molecule has 0 bridgehead atoms. The van der Waals surface area contributed by atoms with Gasteiger partial charge in [-0.1, -0.05) is 12.5 Å². The summed E-state index contributed by atoms with van der Waals surface area (Å²) < 4.78 is 26.4. The Hall–Kier alpha value is -0.960. The average molecular weight is 211 g/mol. The van der Waals surface area contributed by atoms with Gasteiger partial charge in [0.2, 0.25) is 0 Å². The normalized spacial score (nSPS) is 18.7. The van der Waals surface area contributed by atoms with E-state index in [-0.39, 0.29) is 5.41 Å². The van der Waals surface area contributed by atoms with Gasteiger partial charge in [-0.2, -0.15) is 0 Å². The van der Waals surface area contributed by atoms with Gasteiger partial charge in [-0.25, -0.2) is 8.78 Å². The van der Waals surface area contributed by atoms with Crippen molar-refractivity contribution in [3.8, 4) is 0 Å². The lowest BCUT2D eigenvalue weighted by atomic mass is 9.64. The van der Waals surface area contributed by atoms with Crippen molar-refractivity contribution in [3.63, 3.8) is 0 Å². The highest BCUT2D eigenvalue weighted by Gasteiger charge is 2.37. The van der Waals surface area contributed by atoms with Gasteiger partial charge in [0, 0.05) is 12.0 Å². The van der Waals surface area contributed by atoms with Crippen molar-refractivity contribution in [1.82, 2.24) is 0 Å². The van der Waals surface area contributed by atoms with Gasteiger partial charge < -0.3 is 5.73 Å². The van der Waals surface area contributed by atoms with Crippen LogP contribution in [-0.4, -0.2) is 6.54 Å². The molecule has 1 aliphatic rings. The van der Waals surface area contributed by atoms with E-state index in [1.165, 1.54) is 6.07 Å². The van der Waals surface area contributed by atoms with Gasteiger partial charge in [-0.3, -0.25) is 0 Å². The fourth-order valence-corrected chi connectivity index (χ4v) is 2.25. The van der Waals surface area contributed by atoms with Crippen LogP contribution in [0.5, 0.6) is 0 Å². The summed E-state index contributed by atoms with van der Waals surface area (Å²) in [6.45, 7) is 2.10. The highest BCUT2D eigenvalue weighted by molar-refractivity contribution is 5.33. The predicted octanol–water partition coefficient (Wildman–Crippen LogP) is 2.65. The van der Waals surface area contributed by atoms with E-state index in [4.69, 9.17) is 5.73 Å². The van der Waals surface area contributed by atoms with E-state index in [0.717, 1.165) is 24.8 Å². The standard InChI is InChI=1S/C12H15F2N/c1-8-5-9(6-10(13)11(8)14)12(7-15)3-2-4-12/h5-6H,2-4,7,15H2,1H3. The van der Waals surface area contributed by atoms with Crippen LogP contribution < -0.4 is 5.73 Å².